The number of nitrogens with one attached hydrogen (secondary N) is 1. The van der Waals surface area contributed by atoms with Gasteiger partial charge >= 0.3 is 0 Å². The molecule has 0 bridgehead atoms. The molecule has 0 aliphatic carbocycles. The zero-order chi connectivity index (χ0) is 21.5. The van der Waals surface area contributed by atoms with Gasteiger partial charge in [0.2, 0.25) is 0 Å². The highest BCUT2D eigenvalue weighted by Crippen LogP contribution is 2.29. The van der Waals surface area contributed by atoms with Crippen LogP contribution in [0.15, 0.2) is 85.7 Å². The number of ether oxygens (including phenoxy) is 2. The van der Waals surface area contributed by atoms with Crippen LogP contribution in [-0.4, -0.2) is 21.6 Å². The van der Waals surface area contributed by atoms with Gasteiger partial charge in [-0.3, -0.25) is 4.98 Å². The van der Waals surface area contributed by atoms with E-state index in [1.807, 2.05) is 35.0 Å². The van der Waals surface area contributed by atoms with Crippen molar-refractivity contribution in [2.24, 2.45) is 0 Å². The van der Waals surface area contributed by atoms with Crippen molar-refractivity contribution in [3.05, 3.63) is 102 Å². The Balaban J connectivity index is 1.35. The Morgan fingerprint density at radius 2 is 1.71 bits per heavy atom. The van der Waals surface area contributed by atoms with E-state index in [0.717, 1.165) is 34.9 Å². The Labute approximate surface area is 182 Å². The van der Waals surface area contributed by atoms with E-state index >= 15 is 0 Å². The van der Waals surface area contributed by atoms with Crippen molar-refractivity contribution >= 4 is 0 Å². The maximum Gasteiger partial charge on any atom is 0.161 e. The van der Waals surface area contributed by atoms with Gasteiger partial charge in [0, 0.05) is 43.1 Å². The predicted octanol–water partition coefficient (Wildman–Crippen LogP) is 4.71. The molecule has 0 radical (unpaired) electrons. The third-order valence-electron chi connectivity index (χ3n) is 5.18. The average molecular weight is 415 g/mol. The molecular weight excluding hydrogens is 388 g/mol. The largest absolute Gasteiger partial charge is 0.493 e. The van der Waals surface area contributed by atoms with Gasteiger partial charge in [-0.2, -0.15) is 0 Å². The van der Waals surface area contributed by atoms with Gasteiger partial charge in [0.1, 0.15) is 6.61 Å². The molecule has 31 heavy (non-hydrogen) atoms. The Kier molecular flexibility index (Phi) is 6.59. The number of aromatic nitrogens is 3. The van der Waals surface area contributed by atoms with Gasteiger partial charge in [-0.15, -0.1) is 0 Å². The maximum atomic E-state index is 5.93. The zero-order valence-electron chi connectivity index (χ0n) is 17.7. The lowest BCUT2D eigenvalue weighted by Gasteiger charge is -2.16. The number of pyridine rings is 1. The predicted molar refractivity (Wildman–Crippen MR) is 120 cm³/mol. The van der Waals surface area contributed by atoms with Gasteiger partial charge in [-0.05, 0) is 60.0 Å². The number of nitrogens with zero attached hydrogens (tertiary/aromatic N) is 3. The van der Waals surface area contributed by atoms with Crippen LogP contribution in [0.3, 0.4) is 0 Å². The van der Waals surface area contributed by atoms with Gasteiger partial charge in [0.25, 0.3) is 0 Å². The molecule has 0 amide bonds. The molecule has 2 heterocycles. The van der Waals surface area contributed by atoms with Crippen molar-refractivity contribution < 1.29 is 9.47 Å². The summed E-state index contributed by atoms with van der Waals surface area (Å²) in [7, 11) is 1.66. The Morgan fingerprint density at radius 1 is 0.903 bits per heavy atom. The SMILES string of the molecule is COc1cc(CN[C@@H](C)c2ccc(-n3ccnc3)cc2)ccc1OCc1ccncc1. The second-order valence-corrected chi connectivity index (χ2v) is 7.29. The highest BCUT2D eigenvalue weighted by atomic mass is 16.5. The van der Waals surface area contributed by atoms with Crippen LogP contribution in [0.2, 0.25) is 0 Å². The van der Waals surface area contributed by atoms with E-state index in [-0.39, 0.29) is 6.04 Å². The average Bonchev–Trinajstić information content (AvgIpc) is 3.37. The lowest BCUT2D eigenvalue weighted by molar-refractivity contribution is 0.284. The van der Waals surface area contributed by atoms with Gasteiger partial charge < -0.3 is 19.4 Å². The van der Waals surface area contributed by atoms with E-state index < -0.39 is 0 Å². The van der Waals surface area contributed by atoms with E-state index in [2.05, 4.69) is 52.5 Å². The minimum atomic E-state index is 0.213. The summed E-state index contributed by atoms with van der Waals surface area (Å²) in [4.78, 5) is 8.12. The molecule has 0 aliphatic rings. The summed E-state index contributed by atoms with van der Waals surface area (Å²) in [6, 6.07) is 18.6. The third kappa shape index (κ3) is 5.29. The molecule has 6 nitrogen and oxygen atoms in total. The first-order chi connectivity index (χ1) is 15.2. The minimum absolute atomic E-state index is 0.213. The van der Waals surface area contributed by atoms with Crippen LogP contribution in [0.25, 0.3) is 5.69 Å². The molecule has 0 saturated carbocycles. The number of methoxy groups -OCH3 is 1. The summed E-state index contributed by atoms with van der Waals surface area (Å²) in [6.45, 7) is 3.36. The summed E-state index contributed by atoms with van der Waals surface area (Å²) in [6.07, 6.45) is 9.04. The Hall–Kier alpha value is -3.64. The normalized spacial score (nSPS) is 11.8. The van der Waals surface area contributed by atoms with Gasteiger partial charge in [0.15, 0.2) is 11.5 Å². The molecule has 4 rings (SSSR count). The van der Waals surface area contributed by atoms with Crippen LogP contribution in [0.4, 0.5) is 0 Å². The molecule has 0 fully saturated rings. The first-order valence-corrected chi connectivity index (χ1v) is 10.2. The molecule has 2 aromatic carbocycles. The molecule has 158 valence electrons. The van der Waals surface area contributed by atoms with Crippen molar-refractivity contribution in [3.8, 4) is 17.2 Å². The lowest BCUT2D eigenvalue weighted by Crippen LogP contribution is -2.18. The van der Waals surface area contributed by atoms with Crippen LogP contribution in [0, 0.1) is 0 Å². The van der Waals surface area contributed by atoms with Crippen LogP contribution >= 0.6 is 0 Å². The quantitative estimate of drug-likeness (QED) is 0.430. The molecule has 0 aliphatic heterocycles. The monoisotopic (exact) mass is 414 g/mol. The minimum Gasteiger partial charge on any atom is -0.493 e. The maximum absolute atomic E-state index is 5.93. The number of imidazole rings is 1. The Morgan fingerprint density at radius 3 is 2.42 bits per heavy atom. The summed E-state index contributed by atoms with van der Waals surface area (Å²) >= 11 is 0. The molecule has 2 aromatic heterocycles. The molecule has 6 heteroatoms. The number of hydrogen-bond acceptors (Lipinski definition) is 5. The summed E-state index contributed by atoms with van der Waals surface area (Å²) in [5, 5.41) is 3.58. The lowest BCUT2D eigenvalue weighted by atomic mass is 10.1. The first kappa shape index (κ1) is 20.6. The molecule has 4 aromatic rings. The van der Waals surface area contributed by atoms with E-state index in [4.69, 9.17) is 9.47 Å². The van der Waals surface area contributed by atoms with Crippen molar-refractivity contribution in [1.82, 2.24) is 19.9 Å². The number of benzene rings is 2. The van der Waals surface area contributed by atoms with Gasteiger partial charge in [0.05, 0.1) is 13.4 Å². The summed E-state index contributed by atoms with van der Waals surface area (Å²) in [5.74, 6) is 1.46. The van der Waals surface area contributed by atoms with E-state index in [9.17, 15) is 0 Å². The molecular formula is C25H26N4O2. The van der Waals surface area contributed by atoms with Crippen molar-refractivity contribution in [1.29, 1.82) is 0 Å². The molecule has 1 N–H and O–H groups in total. The second kappa shape index (κ2) is 9.91. The van der Waals surface area contributed by atoms with Crippen LogP contribution in [0.5, 0.6) is 11.5 Å². The molecule has 0 spiro atoms. The fraction of sp³-hybridized carbons (Fsp3) is 0.200. The molecule has 1 atom stereocenters. The number of rotatable bonds is 9. The van der Waals surface area contributed by atoms with Crippen LogP contribution < -0.4 is 14.8 Å². The summed E-state index contributed by atoms with van der Waals surface area (Å²) in [5.41, 5.74) is 4.53. The van der Waals surface area contributed by atoms with Crippen molar-refractivity contribution in [2.45, 2.75) is 26.1 Å². The van der Waals surface area contributed by atoms with Crippen molar-refractivity contribution in [2.75, 3.05) is 7.11 Å². The van der Waals surface area contributed by atoms with Gasteiger partial charge in [-0.25, -0.2) is 4.98 Å². The summed E-state index contributed by atoms with van der Waals surface area (Å²) < 4.78 is 13.5. The Bertz CT molecular complexity index is 1080. The smallest absolute Gasteiger partial charge is 0.161 e. The number of hydrogen-bond donors (Lipinski definition) is 1. The zero-order valence-corrected chi connectivity index (χ0v) is 17.7. The molecule has 0 saturated heterocycles. The van der Waals surface area contributed by atoms with Crippen molar-refractivity contribution in [3.63, 3.8) is 0 Å². The van der Waals surface area contributed by atoms with E-state index in [0.29, 0.717) is 6.61 Å². The fourth-order valence-electron chi connectivity index (χ4n) is 3.32. The standard InChI is InChI=1S/C25H26N4O2/c1-19(22-4-6-23(7-5-22)29-14-13-27-18-29)28-16-21-3-8-24(25(15-21)30-2)31-17-20-9-11-26-12-10-20/h3-15,18-19,28H,16-17H2,1-2H3/t19-/m0/s1. The van der Waals surface area contributed by atoms with Crippen LogP contribution in [0.1, 0.15) is 29.7 Å². The third-order valence-corrected chi connectivity index (χ3v) is 5.18. The van der Waals surface area contributed by atoms with E-state index in [1.165, 1.54) is 5.56 Å². The second-order valence-electron chi connectivity index (χ2n) is 7.29. The van der Waals surface area contributed by atoms with E-state index in [1.54, 1.807) is 32.0 Å². The first-order valence-electron chi connectivity index (χ1n) is 10.2. The highest BCUT2D eigenvalue weighted by molar-refractivity contribution is 5.43. The highest BCUT2D eigenvalue weighted by Gasteiger charge is 2.09. The molecule has 0 unspecified atom stereocenters. The fourth-order valence-corrected chi connectivity index (χ4v) is 3.32. The van der Waals surface area contributed by atoms with Crippen LogP contribution in [-0.2, 0) is 13.2 Å². The van der Waals surface area contributed by atoms with Gasteiger partial charge in [-0.1, -0.05) is 18.2 Å². The topological polar surface area (TPSA) is 61.2 Å².